The summed E-state index contributed by atoms with van der Waals surface area (Å²) in [6.07, 6.45) is -0.0463. The Balaban J connectivity index is 1.73. The predicted molar refractivity (Wildman–Crippen MR) is 94.3 cm³/mol. The molecule has 142 valence electrons. The van der Waals surface area contributed by atoms with Crippen LogP contribution in [-0.4, -0.2) is 29.8 Å². The van der Waals surface area contributed by atoms with Crippen molar-refractivity contribution in [3.63, 3.8) is 0 Å². The van der Waals surface area contributed by atoms with Crippen molar-refractivity contribution in [2.24, 2.45) is 5.92 Å². The monoisotopic (exact) mass is 376 g/mol. The van der Waals surface area contributed by atoms with Crippen LogP contribution < -0.4 is 4.90 Å². The maximum Gasteiger partial charge on any atom is 0.228 e. The molecule has 1 atom stereocenters. The van der Waals surface area contributed by atoms with E-state index in [-0.39, 0.29) is 42.8 Å². The van der Waals surface area contributed by atoms with Gasteiger partial charge in [-0.25, -0.2) is 13.2 Å². The molecule has 0 radical (unpaired) electrons. The fourth-order valence-electron chi connectivity index (χ4n) is 3.27. The maximum atomic E-state index is 14.0. The summed E-state index contributed by atoms with van der Waals surface area (Å²) in [6.45, 7) is 2.44. The number of carbonyl (C=O) groups is 2. The highest BCUT2D eigenvalue weighted by Gasteiger charge is 2.37. The topological polar surface area (TPSA) is 40.6 Å². The van der Waals surface area contributed by atoms with Gasteiger partial charge in [-0.05, 0) is 36.8 Å². The number of halogens is 3. The number of hydrogen-bond donors (Lipinski definition) is 0. The van der Waals surface area contributed by atoms with Crippen LogP contribution in [0.4, 0.5) is 18.9 Å². The summed E-state index contributed by atoms with van der Waals surface area (Å²) in [6, 6.07) is 8.95. The summed E-state index contributed by atoms with van der Waals surface area (Å²) in [5.74, 6) is -3.23. The molecule has 0 aliphatic carbocycles. The van der Waals surface area contributed by atoms with E-state index < -0.39 is 17.6 Å². The number of carbonyl (C=O) groups excluding carboxylic acids is 2. The summed E-state index contributed by atoms with van der Waals surface area (Å²) >= 11 is 0. The minimum absolute atomic E-state index is 0.0276. The molecular formula is C20H19F3N2O2. The average Bonchev–Trinajstić information content (AvgIpc) is 3.01. The molecule has 1 saturated heterocycles. The molecule has 7 heteroatoms. The van der Waals surface area contributed by atoms with Gasteiger partial charge in [0.05, 0.1) is 11.6 Å². The van der Waals surface area contributed by atoms with Gasteiger partial charge >= 0.3 is 0 Å². The van der Waals surface area contributed by atoms with Crippen molar-refractivity contribution in [1.29, 1.82) is 0 Å². The third-order valence-corrected chi connectivity index (χ3v) is 4.63. The van der Waals surface area contributed by atoms with Gasteiger partial charge in [0.25, 0.3) is 0 Å². The van der Waals surface area contributed by atoms with Gasteiger partial charge in [0.2, 0.25) is 11.8 Å². The molecule has 2 aromatic rings. The number of anilines is 1. The van der Waals surface area contributed by atoms with E-state index in [0.29, 0.717) is 18.2 Å². The Hall–Kier alpha value is -2.83. The Bertz CT molecular complexity index is 872. The van der Waals surface area contributed by atoms with Crippen LogP contribution in [0.2, 0.25) is 0 Å². The van der Waals surface area contributed by atoms with E-state index in [9.17, 15) is 22.8 Å². The van der Waals surface area contributed by atoms with Gasteiger partial charge in [-0.15, -0.1) is 0 Å². The van der Waals surface area contributed by atoms with Gasteiger partial charge in [-0.3, -0.25) is 9.59 Å². The molecular weight excluding hydrogens is 357 g/mol. The zero-order valence-corrected chi connectivity index (χ0v) is 14.8. The van der Waals surface area contributed by atoms with Crippen molar-refractivity contribution in [2.45, 2.75) is 19.9 Å². The van der Waals surface area contributed by atoms with Crippen molar-refractivity contribution < 1.29 is 22.8 Å². The lowest BCUT2D eigenvalue weighted by Gasteiger charge is -2.24. The molecule has 2 amide bonds. The van der Waals surface area contributed by atoms with Crippen molar-refractivity contribution in [3.8, 4) is 0 Å². The highest BCUT2D eigenvalue weighted by atomic mass is 19.1. The quantitative estimate of drug-likeness (QED) is 0.801. The second kappa shape index (κ2) is 7.82. The smallest absolute Gasteiger partial charge is 0.228 e. The Labute approximate surface area is 155 Å². The number of rotatable bonds is 5. The normalized spacial score (nSPS) is 16.7. The molecule has 1 fully saturated rings. The zero-order valence-electron chi connectivity index (χ0n) is 14.8. The van der Waals surface area contributed by atoms with E-state index in [1.807, 2.05) is 0 Å². The standard InChI is InChI=1S/C20H19F3N2O2/c1-2-24(11-13-4-3-5-15(21)8-13)20(27)14-9-19(26)25(12-14)18-7-6-16(22)10-17(18)23/h3-8,10,14H,2,9,11-12H2,1H3. The van der Waals surface area contributed by atoms with E-state index >= 15 is 0 Å². The number of benzene rings is 2. The second-order valence-electron chi connectivity index (χ2n) is 6.48. The van der Waals surface area contributed by atoms with Gasteiger partial charge < -0.3 is 9.80 Å². The summed E-state index contributed by atoms with van der Waals surface area (Å²) in [5, 5.41) is 0. The molecule has 0 aromatic heterocycles. The fourth-order valence-corrected chi connectivity index (χ4v) is 3.27. The number of nitrogens with zero attached hydrogens (tertiary/aromatic N) is 2. The van der Waals surface area contributed by atoms with Gasteiger partial charge in [0.15, 0.2) is 0 Å². The van der Waals surface area contributed by atoms with Gasteiger partial charge in [0.1, 0.15) is 17.5 Å². The molecule has 0 saturated carbocycles. The predicted octanol–water partition coefficient (Wildman–Crippen LogP) is 3.51. The van der Waals surface area contributed by atoms with Crippen LogP contribution in [0.3, 0.4) is 0 Å². The first kappa shape index (κ1) is 18.9. The molecule has 27 heavy (non-hydrogen) atoms. The van der Waals surface area contributed by atoms with Gasteiger partial charge in [0, 0.05) is 32.1 Å². The lowest BCUT2D eigenvalue weighted by atomic mass is 10.1. The molecule has 0 N–H and O–H groups in total. The molecule has 1 aliphatic heterocycles. The van der Waals surface area contributed by atoms with Crippen LogP contribution in [0, 0.1) is 23.4 Å². The summed E-state index contributed by atoms with van der Waals surface area (Å²) in [5.41, 5.74) is 0.612. The lowest BCUT2D eigenvalue weighted by molar-refractivity contribution is -0.136. The van der Waals surface area contributed by atoms with E-state index in [1.54, 1.807) is 19.1 Å². The molecule has 3 rings (SSSR count). The minimum Gasteiger partial charge on any atom is -0.338 e. The highest BCUT2D eigenvalue weighted by molar-refractivity contribution is 6.00. The fraction of sp³-hybridized carbons (Fsp3) is 0.300. The van der Waals surface area contributed by atoms with Crippen molar-refractivity contribution >= 4 is 17.5 Å². The zero-order chi connectivity index (χ0) is 19.6. The third-order valence-electron chi connectivity index (χ3n) is 4.63. The lowest BCUT2D eigenvalue weighted by Crippen LogP contribution is -2.37. The number of amides is 2. The molecule has 1 aliphatic rings. The van der Waals surface area contributed by atoms with Crippen molar-refractivity contribution in [2.75, 3.05) is 18.0 Å². The van der Waals surface area contributed by atoms with Crippen LogP contribution in [0.25, 0.3) is 0 Å². The average molecular weight is 376 g/mol. The van der Waals surface area contributed by atoms with Crippen molar-refractivity contribution in [3.05, 3.63) is 65.5 Å². The molecule has 1 heterocycles. The molecule has 4 nitrogen and oxygen atoms in total. The van der Waals surface area contributed by atoms with Crippen LogP contribution in [0.15, 0.2) is 42.5 Å². The SMILES string of the molecule is CCN(Cc1cccc(F)c1)C(=O)C1CC(=O)N(c2ccc(F)cc2F)C1. The maximum absolute atomic E-state index is 14.0. The molecule has 0 bridgehead atoms. The Kier molecular flexibility index (Phi) is 5.48. The van der Waals surface area contributed by atoms with E-state index in [1.165, 1.54) is 28.0 Å². The summed E-state index contributed by atoms with van der Waals surface area (Å²) in [4.78, 5) is 27.8. The Morgan fingerprint density at radius 3 is 2.56 bits per heavy atom. The van der Waals surface area contributed by atoms with Crippen LogP contribution >= 0.6 is 0 Å². The third kappa shape index (κ3) is 4.13. The molecule has 1 unspecified atom stereocenters. The molecule has 0 spiro atoms. The first-order chi connectivity index (χ1) is 12.9. The van der Waals surface area contributed by atoms with Gasteiger partial charge in [-0.1, -0.05) is 12.1 Å². The van der Waals surface area contributed by atoms with Crippen LogP contribution in [0.5, 0.6) is 0 Å². The largest absolute Gasteiger partial charge is 0.338 e. The first-order valence-corrected chi connectivity index (χ1v) is 8.67. The van der Waals surface area contributed by atoms with Crippen LogP contribution in [-0.2, 0) is 16.1 Å². The van der Waals surface area contributed by atoms with E-state index in [4.69, 9.17) is 0 Å². The number of hydrogen-bond acceptors (Lipinski definition) is 2. The minimum atomic E-state index is -0.844. The summed E-state index contributed by atoms with van der Waals surface area (Å²) in [7, 11) is 0. The Morgan fingerprint density at radius 1 is 1.15 bits per heavy atom. The van der Waals surface area contributed by atoms with E-state index in [2.05, 4.69) is 0 Å². The van der Waals surface area contributed by atoms with Crippen LogP contribution in [0.1, 0.15) is 18.9 Å². The molecule has 2 aromatic carbocycles. The highest BCUT2D eigenvalue weighted by Crippen LogP contribution is 2.29. The summed E-state index contributed by atoms with van der Waals surface area (Å²) < 4.78 is 40.4. The first-order valence-electron chi connectivity index (χ1n) is 8.67. The Morgan fingerprint density at radius 2 is 1.89 bits per heavy atom. The van der Waals surface area contributed by atoms with Crippen molar-refractivity contribution in [1.82, 2.24) is 4.90 Å². The second-order valence-corrected chi connectivity index (χ2v) is 6.48. The van der Waals surface area contributed by atoms with Gasteiger partial charge in [-0.2, -0.15) is 0 Å². The van der Waals surface area contributed by atoms with E-state index in [0.717, 1.165) is 6.07 Å².